The third-order valence-electron chi connectivity index (χ3n) is 7.27. The van der Waals surface area contributed by atoms with Crippen LogP contribution in [0.1, 0.15) is 34.8 Å². The van der Waals surface area contributed by atoms with Crippen molar-refractivity contribution in [2.45, 2.75) is 35.3 Å². The van der Waals surface area contributed by atoms with Gasteiger partial charge in [0, 0.05) is 24.4 Å². The number of nitrogens with zero attached hydrogens (tertiary/aromatic N) is 2. The molecule has 0 saturated carbocycles. The fraction of sp³-hybridized carbons (Fsp3) is 0.407. The van der Waals surface area contributed by atoms with E-state index in [9.17, 15) is 27.9 Å². The van der Waals surface area contributed by atoms with Crippen LogP contribution in [0, 0.1) is 5.92 Å². The van der Waals surface area contributed by atoms with E-state index < -0.39 is 39.3 Å². The van der Waals surface area contributed by atoms with Crippen LogP contribution in [0.15, 0.2) is 59.5 Å². The Morgan fingerprint density at radius 3 is 2.34 bits per heavy atom. The molecule has 0 spiro atoms. The highest BCUT2D eigenvalue weighted by atomic mass is 32.2. The van der Waals surface area contributed by atoms with E-state index in [1.54, 1.807) is 30.3 Å². The van der Waals surface area contributed by atoms with E-state index in [-0.39, 0.29) is 29.6 Å². The third-order valence-corrected chi connectivity index (χ3v) is 10.5. The molecule has 3 atom stereocenters. The number of piperidine rings is 3. The summed E-state index contributed by atoms with van der Waals surface area (Å²) >= 11 is 1.03. The van der Waals surface area contributed by atoms with E-state index in [4.69, 9.17) is 14.6 Å². The smallest absolute Gasteiger partial charge is 0.333 e. The maximum absolute atomic E-state index is 13.3. The van der Waals surface area contributed by atoms with Gasteiger partial charge >= 0.3 is 11.9 Å². The summed E-state index contributed by atoms with van der Waals surface area (Å²) in [6.45, 7) is 2.49. The summed E-state index contributed by atoms with van der Waals surface area (Å²) in [5, 5.41) is 17.8. The minimum Gasteiger partial charge on any atom is -0.483 e. The summed E-state index contributed by atoms with van der Waals surface area (Å²) < 4.78 is 33.2. The zero-order valence-electron chi connectivity index (χ0n) is 22.0. The molecule has 12 nitrogen and oxygen atoms in total. The molecule has 2 bridgehead atoms. The molecular weight excluding hydrogens is 574 g/mol. The lowest BCUT2D eigenvalue weighted by Gasteiger charge is -2.44. The average molecular weight is 606 g/mol. The number of hydrogen-bond donors (Lipinski definition) is 3. The minimum absolute atomic E-state index is 0.0290. The van der Waals surface area contributed by atoms with Gasteiger partial charge in [0.25, 0.3) is 12.4 Å². The van der Waals surface area contributed by atoms with Gasteiger partial charge in [-0.1, -0.05) is 36.4 Å². The number of nitrogens with one attached hydrogen (secondary N) is 1. The predicted molar refractivity (Wildman–Crippen MR) is 149 cm³/mol. The first-order chi connectivity index (χ1) is 19.6. The Morgan fingerprint density at radius 1 is 1.05 bits per heavy atom. The SMILES string of the molecule is O=C(NC(C(=O)O[C@H]1CN2CCC1CC2)c1ccccc1)c1cccc(S(=O)(=O)N2CCS[C@H]2C(=O)O)c1.O=CO. The zero-order chi connectivity index (χ0) is 29.6. The van der Waals surface area contributed by atoms with Crippen LogP contribution in [0.25, 0.3) is 0 Å². The molecule has 3 N–H and O–H groups in total. The van der Waals surface area contributed by atoms with Crippen molar-refractivity contribution in [3.8, 4) is 0 Å². The van der Waals surface area contributed by atoms with E-state index in [0.29, 0.717) is 23.8 Å². The number of ether oxygens (including phenoxy) is 1. The molecule has 14 heteroatoms. The third kappa shape index (κ3) is 7.07. The normalized spacial score (nSPS) is 24.4. The molecular formula is C27H31N3O9S2. The Balaban J connectivity index is 0.00000124. The maximum Gasteiger partial charge on any atom is 0.333 e. The number of esters is 1. The first-order valence-corrected chi connectivity index (χ1v) is 15.5. The second-order valence-electron chi connectivity index (χ2n) is 9.74. The van der Waals surface area contributed by atoms with Crippen LogP contribution in [0.2, 0.25) is 0 Å². The van der Waals surface area contributed by atoms with Gasteiger partial charge in [0.1, 0.15) is 6.10 Å². The van der Waals surface area contributed by atoms with Gasteiger partial charge < -0.3 is 20.3 Å². The molecule has 4 fully saturated rings. The van der Waals surface area contributed by atoms with Crippen molar-refractivity contribution in [3.05, 3.63) is 65.7 Å². The van der Waals surface area contributed by atoms with Crippen LogP contribution >= 0.6 is 11.8 Å². The van der Waals surface area contributed by atoms with Gasteiger partial charge in [-0.15, -0.1) is 11.8 Å². The predicted octanol–water partition coefficient (Wildman–Crippen LogP) is 1.64. The number of rotatable bonds is 8. The molecule has 4 saturated heterocycles. The Bertz CT molecular complexity index is 1370. The standard InChI is InChI=1S/C26H29N3O7S2.CH2O2/c30-23(19-7-4-8-20(15-19)38(34,35)29-13-14-37-24(29)25(31)32)27-22(18-5-2-1-3-6-18)26(33)36-21-16-28-11-9-17(21)10-12-28;2-1-3/h1-8,15,17,21-22,24H,9-14,16H2,(H,27,30)(H,31,32);1H,(H,2,3)/t21-,22?,24-;/m0./s1. The van der Waals surface area contributed by atoms with Crippen LogP contribution in [0.5, 0.6) is 0 Å². The number of aliphatic carboxylic acids is 1. The number of carboxylic acids is 1. The molecule has 220 valence electrons. The first kappa shape index (κ1) is 30.5. The van der Waals surface area contributed by atoms with Crippen molar-refractivity contribution >= 4 is 46.1 Å². The monoisotopic (exact) mass is 605 g/mol. The molecule has 4 aliphatic rings. The molecule has 41 heavy (non-hydrogen) atoms. The summed E-state index contributed by atoms with van der Waals surface area (Å²) in [6.07, 6.45) is 1.71. The van der Waals surface area contributed by atoms with Crippen molar-refractivity contribution in [2.24, 2.45) is 5.92 Å². The van der Waals surface area contributed by atoms with E-state index in [0.717, 1.165) is 42.0 Å². The van der Waals surface area contributed by atoms with Crippen LogP contribution in [-0.4, -0.2) is 95.6 Å². The van der Waals surface area contributed by atoms with E-state index in [1.807, 2.05) is 0 Å². The molecule has 2 aromatic carbocycles. The average Bonchev–Trinajstić information content (AvgIpc) is 3.49. The first-order valence-electron chi connectivity index (χ1n) is 13.0. The molecule has 0 aliphatic carbocycles. The van der Waals surface area contributed by atoms with Gasteiger partial charge in [-0.25, -0.2) is 18.0 Å². The van der Waals surface area contributed by atoms with E-state index >= 15 is 0 Å². The summed E-state index contributed by atoms with van der Waals surface area (Å²) in [4.78, 5) is 48.6. The minimum atomic E-state index is -4.15. The van der Waals surface area contributed by atoms with Gasteiger partial charge in [-0.05, 0) is 55.6 Å². The van der Waals surface area contributed by atoms with Crippen molar-refractivity contribution < 1.29 is 42.5 Å². The lowest BCUT2D eigenvalue weighted by molar-refractivity contribution is -0.161. The van der Waals surface area contributed by atoms with Gasteiger partial charge in [-0.3, -0.25) is 14.5 Å². The summed E-state index contributed by atoms with van der Waals surface area (Å²) in [5.41, 5.74) is 0.579. The Kier molecular flexibility index (Phi) is 10.0. The van der Waals surface area contributed by atoms with E-state index in [2.05, 4.69) is 10.2 Å². The lowest BCUT2D eigenvalue weighted by atomic mass is 9.86. The number of hydrogen-bond acceptors (Lipinski definition) is 9. The number of benzene rings is 2. The molecule has 4 aliphatic heterocycles. The molecule has 0 aromatic heterocycles. The molecule has 1 amide bonds. The van der Waals surface area contributed by atoms with Crippen LogP contribution < -0.4 is 5.32 Å². The molecule has 1 unspecified atom stereocenters. The fourth-order valence-electron chi connectivity index (χ4n) is 5.23. The second-order valence-corrected chi connectivity index (χ2v) is 12.8. The number of carboxylic acid groups (broad SMARTS) is 2. The molecule has 0 radical (unpaired) electrons. The molecule has 6 rings (SSSR count). The fourth-order valence-corrected chi connectivity index (χ4v) is 8.28. The topological polar surface area (TPSA) is 171 Å². The largest absolute Gasteiger partial charge is 0.483 e. The number of sulfonamides is 1. The van der Waals surface area contributed by atoms with Crippen molar-refractivity contribution in [1.29, 1.82) is 0 Å². The number of carbonyl (C=O) groups excluding carboxylic acids is 2. The highest BCUT2D eigenvalue weighted by Gasteiger charge is 2.41. The Morgan fingerprint density at radius 2 is 1.73 bits per heavy atom. The number of thioether (sulfide) groups is 1. The number of carbonyl (C=O) groups is 4. The van der Waals surface area contributed by atoms with Gasteiger partial charge in [0.2, 0.25) is 10.0 Å². The van der Waals surface area contributed by atoms with Gasteiger partial charge in [0.15, 0.2) is 11.4 Å². The highest BCUT2D eigenvalue weighted by Crippen LogP contribution is 2.32. The summed E-state index contributed by atoms with van der Waals surface area (Å²) in [7, 11) is -4.15. The Hall–Kier alpha value is -3.46. The van der Waals surface area contributed by atoms with Crippen LogP contribution in [0.4, 0.5) is 0 Å². The van der Waals surface area contributed by atoms with Crippen LogP contribution in [0.3, 0.4) is 0 Å². The summed E-state index contributed by atoms with van der Waals surface area (Å²) in [6, 6.07) is 13.1. The second kappa shape index (κ2) is 13.5. The lowest BCUT2D eigenvalue weighted by Crippen LogP contribution is -2.52. The van der Waals surface area contributed by atoms with Crippen LogP contribution in [-0.2, 0) is 29.1 Å². The van der Waals surface area contributed by atoms with Gasteiger partial charge in [-0.2, -0.15) is 4.31 Å². The highest BCUT2D eigenvalue weighted by molar-refractivity contribution is 8.02. The van der Waals surface area contributed by atoms with Crippen molar-refractivity contribution in [2.75, 3.05) is 31.9 Å². The number of amides is 1. The maximum atomic E-state index is 13.3. The van der Waals surface area contributed by atoms with Crippen molar-refractivity contribution in [1.82, 2.24) is 14.5 Å². The summed E-state index contributed by atoms with van der Waals surface area (Å²) in [5.74, 6) is -1.79. The van der Waals surface area contributed by atoms with E-state index in [1.165, 1.54) is 24.3 Å². The molecule has 2 aromatic rings. The quantitative estimate of drug-likeness (QED) is 0.295. The zero-order valence-corrected chi connectivity index (χ0v) is 23.6. The van der Waals surface area contributed by atoms with Gasteiger partial charge in [0.05, 0.1) is 4.90 Å². The Labute approximate surface area is 241 Å². The molecule has 4 heterocycles. The van der Waals surface area contributed by atoms with Crippen molar-refractivity contribution in [3.63, 3.8) is 0 Å². The number of fused-ring (bicyclic) bond motifs is 3.